The lowest BCUT2D eigenvalue weighted by atomic mass is 10.2. The molecule has 0 saturated heterocycles. The number of hydrogen-bond donors (Lipinski definition) is 1. The molecule has 0 amide bonds. The number of nitrogens with zero attached hydrogens (tertiary/aromatic N) is 3. The van der Waals surface area contributed by atoms with Gasteiger partial charge in [-0.3, -0.25) is 4.98 Å². The molecule has 20 heavy (non-hydrogen) atoms. The number of nitrogen functional groups attached to an aromatic ring is 1. The number of hydrogen-bond acceptors (Lipinski definition) is 3. The second-order valence-electron chi connectivity index (χ2n) is 5.02. The fraction of sp³-hybridized carbons (Fsp3) is 0.250. The smallest absolute Gasteiger partial charge is 0.109 e. The highest BCUT2D eigenvalue weighted by Gasteiger charge is 2.10. The first-order valence-corrected chi connectivity index (χ1v) is 6.83. The zero-order valence-corrected chi connectivity index (χ0v) is 11.8. The van der Waals surface area contributed by atoms with E-state index in [1.165, 1.54) is 5.56 Å². The highest BCUT2D eigenvalue weighted by Crippen LogP contribution is 2.20. The highest BCUT2D eigenvalue weighted by atomic mass is 15.1. The molecule has 0 radical (unpaired) electrons. The molecule has 3 aromatic rings. The van der Waals surface area contributed by atoms with Crippen molar-refractivity contribution in [2.24, 2.45) is 0 Å². The minimum atomic E-state index is 0.752. The molecule has 3 rings (SSSR count). The van der Waals surface area contributed by atoms with Crippen LogP contribution in [-0.2, 0) is 13.0 Å². The van der Waals surface area contributed by atoms with E-state index in [0.29, 0.717) is 0 Å². The number of fused-ring (bicyclic) bond motifs is 1. The third-order valence-corrected chi connectivity index (χ3v) is 3.48. The zero-order chi connectivity index (χ0) is 14.1. The summed E-state index contributed by atoms with van der Waals surface area (Å²) >= 11 is 0. The van der Waals surface area contributed by atoms with E-state index >= 15 is 0 Å². The van der Waals surface area contributed by atoms with E-state index in [1.807, 2.05) is 37.4 Å². The Kier molecular flexibility index (Phi) is 3.14. The molecule has 4 nitrogen and oxygen atoms in total. The second kappa shape index (κ2) is 4.96. The number of benzene rings is 1. The maximum Gasteiger partial charge on any atom is 0.109 e. The Balaban J connectivity index is 2.07. The molecule has 0 aliphatic heterocycles. The highest BCUT2D eigenvalue weighted by molar-refractivity contribution is 5.79. The minimum Gasteiger partial charge on any atom is -0.399 e. The predicted octanol–water partition coefficient (Wildman–Crippen LogP) is 2.93. The lowest BCUT2D eigenvalue weighted by molar-refractivity contribution is 0.750. The van der Waals surface area contributed by atoms with E-state index in [2.05, 4.69) is 27.5 Å². The third kappa shape index (κ3) is 2.25. The molecular formula is C16H18N4. The van der Waals surface area contributed by atoms with Crippen LogP contribution in [0.2, 0.25) is 0 Å². The Morgan fingerprint density at radius 1 is 1.20 bits per heavy atom. The van der Waals surface area contributed by atoms with Crippen LogP contribution in [0.5, 0.6) is 0 Å². The Bertz CT molecular complexity index is 741. The lowest BCUT2D eigenvalue weighted by Gasteiger charge is -2.08. The van der Waals surface area contributed by atoms with Crippen LogP contribution in [0.25, 0.3) is 11.0 Å². The van der Waals surface area contributed by atoms with Crippen LogP contribution in [0.1, 0.15) is 24.0 Å². The molecular weight excluding hydrogens is 248 g/mol. The van der Waals surface area contributed by atoms with Crippen molar-refractivity contribution in [3.63, 3.8) is 0 Å². The van der Waals surface area contributed by atoms with Crippen molar-refractivity contribution < 1.29 is 0 Å². The third-order valence-electron chi connectivity index (χ3n) is 3.48. The number of imidazole rings is 1. The molecule has 0 unspecified atom stereocenters. The van der Waals surface area contributed by atoms with Gasteiger partial charge in [0.1, 0.15) is 5.82 Å². The van der Waals surface area contributed by atoms with Crippen LogP contribution in [0.15, 0.2) is 36.5 Å². The van der Waals surface area contributed by atoms with Gasteiger partial charge in [-0.15, -0.1) is 0 Å². The molecule has 2 aromatic heterocycles. The fourth-order valence-electron chi connectivity index (χ4n) is 2.42. The standard InChI is InChI=1S/C16H18N4/c1-3-16-19-14-8-13(17)6-7-15(14)20(16)10-12-5-4-11(2)18-9-12/h4-9H,3,10,17H2,1-2H3. The molecule has 0 aliphatic rings. The average molecular weight is 266 g/mol. The van der Waals surface area contributed by atoms with Gasteiger partial charge in [0.15, 0.2) is 0 Å². The van der Waals surface area contributed by atoms with Crippen LogP contribution in [0.3, 0.4) is 0 Å². The Morgan fingerprint density at radius 3 is 2.75 bits per heavy atom. The Hall–Kier alpha value is -2.36. The molecule has 0 atom stereocenters. The molecule has 0 spiro atoms. The number of nitrogens with two attached hydrogens (primary N) is 1. The molecule has 4 heteroatoms. The summed E-state index contributed by atoms with van der Waals surface area (Å²) in [5.74, 6) is 1.08. The van der Waals surface area contributed by atoms with Gasteiger partial charge in [-0.25, -0.2) is 4.98 Å². The summed E-state index contributed by atoms with van der Waals surface area (Å²) in [6.45, 7) is 4.90. The van der Waals surface area contributed by atoms with Crippen molar-refractivity contribution in [2.45, 2.75) is 26.8 Å². The van der Waals surface area contributed by atoms with E-state index < -0.39 is 0 Å². The van der Waals surface area contributed by atoms with E-state index in [0.717, 1.165) is 41.2 Å². The van der Waals surface area contributed by atoms with Gasteiger partial charge in [0, 0.05) is 24.0 Å². The summed E-state index contributed by atoms with van der Waals surface area (Å²) in [4.78, 5) is 9.02. The van der Waals surface area contributed by atoms with Crippen LogP contribution < -0.4 is 5.73 Å². The van der Waals surface area contributed by atoms with E-state index in [9.17, 15) is 0 Å². The number of rotatable bonds is 3. The first kappa shape index (κ1) is 12.7. The first-order valence-electron chi connectivity index (χ1n) is 6.83. The van der Waals surface area contributed by atoms with Gasteiger partial charge in [0.2, 0.25) is 0 Å². The minimum absolute atomic E-state index is 0.752. The van der Waals surface area contributed by atoms with Crippen molar-refractivity contribution in [1.82, 2.24) is 14.5 Å². The molecule has 0 bridgehead atoms. The fourth-order valence-corrected chi connectivity index (χ4v) is 2.42. The van der Waals surface area contributed by atoms with Crippen molar-refractivity contribution in [2.75, 3.05) is 5.73 Å². The Labute approximate surface area is 118 Å². The quantitative estimate of drug-likeness (QED) is 0.741. The van der Waals surface area contributed by atoms with E-state index in [-0.39, 0.29) is 0 Å². The van der Waals surface area contributed by atoms with E-state index in [1.54, 1.807) is 0 Å². The first-order chi connectivity index (χ1) is 9.67. The van der Waals surface area contributed by atoms with Gasteiger partial charge in [0.05, 0.1) is 17.6 Å². The summed E-state index contributed by atoms with van der Waals surface area (Å²) in [6.07, 6.45) is 2.83. The van der Waals surface area contributed by atoms with Crippen molar-refractivity contribution in [1.29, 1.82) is 0 Å². The summed E-state index contributed by atoms with van der Waals surface area (Å²) in [6, 6.07) is 10.0. The van der Waals surface area contributed by atoms with Gasteiger partial charge in [-0.05, 0) is 36.8 Å². The summed E-state index contributed by atoms with van der Waals surface area (Å²) in [5.41, 5.74) is 10.9. The van der Waals surface area contributed by atoms with Gasteiger partial charge in [0.25, 0.3) is 0 Å². The molecule has 2 N–H and O–H groups in total. The van der Waals surface area contributed by atoms with Crippen molar-refractivity contribution in [3.05, 3.63) is 53.6 Å². The molecule has 0 saturated carbocycles. The lowest BCUT2D eigenvalue weighted by Crippen LogP contribution is -2.04. The second-order valence-corrected chi connectivity index (χ2v) is 5.02. The van der Waals surface area contributed by atoms with Crippen molar-refractivity contribution in [3.8, 4) is 0 Å². The SMILES string of the molecule is CCc1nc2cc(N)ccc2n1Cc1ccc(C)nc1. The maximum atomic E-state index is 5.83. The Morgan fingerprint density at radius 2 is 2.05 bits per heavy atom. The number of aryl methyl sites for hydroxylation is 2. The maximum absolute atomic E-state index is 5.83. The van der Waals surface area contributed by atoms with Crippen LogP contribution in [0, 0.1) is 6.92 Å². The predicted molar refractivity (Wildman–Crippen MR) is 81.6 cm³/mol. The van der Waals surface area contributed by atoms with Crippen LogP contribution in [-0.4, -0.2) is 14.5 Å². The van der Waals surface area contributed by atoms with Gasteiger partial charge in [-0.2, -0.15) is 0 Å². The summed E-state index contributed by atoms with van der Waals surface area (Å²) in [5, 5.41) is 0. The van der Waals surface area contributed by atoms with Gasteiger partial charge in [-0.1, -0.05) is 13.0 Å². The molecule has 2 heterocycles. The molecule has 1 aromatic carbocycles. The largest absolute Gasteiger partial charge is 0.399 e. The van der Waals surface area contributed by atoms with Gasteiger partial charge >= 0.3 is 0 Å². The number of aromatic nitrogens is 3. The number of anilines is 1. The zero-order valence-electron chi connectivity index (χ0n) is 11.8. The molecule has 102 valence electrons. The topological polar surface area (TPSA) is 56.7 Å². The van der Waals surface area contributed by atoms with Crippen LogP contribution >= 0.6 is 0 Å². The monoisotopic (exact) mass is 266 g/mol. The molecule has 0 aliphatic carbocycles. The van der Waals surface area contributed by atoms with E-state index in [4.69, 9.17) is 5.73 Å². The number of pyridine rings is 1. The summed E-state index contributed by atoms with van der Waals surface area (Å²) < 4.78 is 2.24. The molecule has 0 fully saturated rings. The average Bonchev–Trinajstić information content (AvgIpc) is 2.78. The van der Waals surface area contributed by atoms with Crippen LogP contribution in [0.4, 0.5) is 5.69 Å². The van der Waals surface area contributed by atoms with Crippen molar-refractivity contribution >= 4 is 16.7 Å². The summed E-state index contributed by atoms with van der Waals surface area (Å²) in [7, 11) is 0. The normalized spacial score (nSPS) is 11.1. The van der Waals surface area contributed by atoms with Gasteiger partial charge < -0.3 is 10.3 Å².